The second-order valence-corrected chi connectivity index (χ2v) is 8.04. The molecule has 1 aromatic rings. The summed E-state index contributed by atoms with van der Waals surface area (Å²) in [6, 6.07) is 0.412. The molecular weight excluding hydrogens is 316 g/mol. The van der Waals surface area contributed by atoms with E-state index in [9.17, 15) is 0 Å². The lowest BCUT2D eigenvalue weighted by Crippen LogP contribution is -2.61. The zero-order chi connectivity index (χ0) is 17.1. The molecule has 1 aromatic heterocycles. The molecule has 0 spiro atoms. The van der Waals surface area contributed by atoms with Crippen molar-refractivity contribution in [3.8, 4) is 0 Å². The van der Waals surface area contributed by atoms with Crippen LogP contribution in [0.3, 0.4) is 0 Å². The van der Waals surface area contributed by atoms with Crippen LogP contribution < -0.4 is 5.32 Å². The summed E-state index contributed by atoms with van der Waals surface area (Å²) < 4.78 is 11.1. The topological polar surface area (TPSA) is 63.4 Å². The fourth-order valence-electron chi connectivity index (χ4n) is 5.14. The van der Waals surface area contributed by atoms with E-state index in [4.69, 9.17) is 9.26 Å². The highest BCUT2D eigenvalue weighted by atomic mass is 16.5. The Labute approximate surface area is 150 Å². The summed E-state index contributed by atoms with van der Waals surface area (Å²) in [4.78, 5) is 7.32. The molecule has 3 aliphatic rings. The predicted octanol–water partition coefficient (Wildman–Crippen LogP) is 2.85. The number of nitrogens with zero attached hydrogens (tertiary/aromatic N) is 3. The first-order chi connectivity index (χ1) is 12.3. The van der Waals surface area contributed by atoms with Gasteiger partial charge in [0.05, 0.1) is 19.8 Å². The zero-order valence-corrected chi connectivity index (χ0v) is 15.5. The van der Waals surface area contributed by atoms with Gasteiger partial charge in [0.25, 0.3) is 0 Å². The van der Waals surface area contributed by atoms with Crippen molar-refractivity contribution in [2.24, 2.45) is 0 Å². The zero-order valence-electron chi connectivity index (χ0n) is 15.5. The Balaban J connectivity index is 1.37. The van der Waals surface area contributed by atoms with Gasteiger partial charge in [-0.25, -0.2) is 0 Å². The van der Waals surface area contributed by atoms with Crippen LogP contribution in [0.2, 0.25) is 0 Å². The predicted molar refractivity (Wildman–Crippen MR) is 95.4 cm³/mol. The summed E-state index contributed by atoms with van der Waals surface area (Å²) in [5.74, 6) is 2.18. The first-order valence-electron chi connectivity index (χ1n) is 10.2. The van der Waals surface area contributed by atoms with Gasteiger partial charge in [0, 0.05) is 30.6 Å². The maximum Gasteiger partial charge on any atom is 0.240 e. The molecular formula is C19H32N4O2. The van der Waals surface area contributed by atoms with Crippen molar-refractivity contribution >= 4 is 0 Å². The molecule has 3 fully saturated rings. The van der Waals surface area contributed by atoms with Gasteiger partial charge < -0.3 is 14.6 Å². The molecule has 2 saturated carbocycles. The highest BCUT2D eigenvalue weighted by Gasteiger charge is 2.44. The molecule has 6 nitrogen and oxygen atoms in total. The quantitative estimate of drug-likeness (QED) is 0.853. The van der Waals surface area contributed by atoms with Crippen molar-refractivity contribution < 1.29 is 9.26 Å². The van der Waals surface area contributed by atoms with Crippen LogP contribution in [-0.2, 0) is 11.3 Å². The van der Waals surface area contributed by atoms with E-state index in [0.717, 1.165) is 38.0 Å². The van der Waals surface area contributed by atoms with Crippen LogP contribution in [-0.4, -0.2) is 52.9 Å². The highest BCUT2D eigenvalue weighted by molar-refractivity contribution is 5.03. The molecule has 1 N–H and O–H groups in total. The Morgan fingerprint density at radius 3 is 2.60 bits per heavy atom. The van der Waals surface area contributed by atoms with Crippen LogP contribution in [0, 0.1) is 0 Å². The van der Waals surface area contributed by atoms with E-state index in [2.05, 4.69) is 27.3 Å². The Kier molecular flexibility index (Phi) is 5.39. The number of aromatic nitrogens is 2. The molecule has 1 aliphatic heterocycles. The van der Waals surface area contributed by atoms with Gasteiger partial charge in [0.2, 0.25) is 5.89 Å². The van der Waals surface area contributed by atoms with E-state index in [-0.39, 0.29) is 5.54 Å². The van der Waals surface area contributed by atoms with E-state index in [1.54, 1.807) is 0 Å². The molecule has 2 aliphatic carbocycles. The summed E-state index contributed by atoms with van der Waals surface area (Å²) >= 11 is 0. The molecule has 25 heavy (non-hydrogen) atoms. The van der Waals surface area contributed by atoms with Crippen molar-refractivity contribution in [1.82, 2.24) is 20.4 Å². The van der Waals surface area contributed by atoms with E-state index in [0.29, 0.717) is 18.5 Å². The normalized spacial score (nSPS) is 26.3. The molecule has 6 heteroatoms. The number of ether oxygens (including phenoxy) is 1. The minimum Gasteiger partial charge on any atom is -0.379 e. The van der Waals surface area contributed by atoms with Crippen LogP contribution >= 0.6 is 0 Å². The molecule has 1 saturated heterocycles. The molecule has 2 heterocycles. The summed E-state index contributed by atoms with van der Waals surface area (Å²) in [7, 11) is 0. The summed E-state index contributed by atoms with van der Waals surface area (Å²) in [6.45, 7) is 6.84. The number of hydrogen-bond donors (Lipinski definition) is 1. The van der Waals surface area contributed by atoms with Gasteiger partial charge in [-0.15, -0.1) is 0 Å². The smallest absolute Gasteiger partial charge is 0.240 e. The molecule has 0 bridgehead atoms. The van der Waals surface area contributed by atoms with Crippen molar-refractivity contribution in [1.29, 1.82) is 0 Å². The Morgan fingerprint density at radius 2 is 1.88 bits per heavy atom. The monoisotopic (exact) mass is 348 g/mol. The van der Waals surface area contributed by atoms with Gasteiger partial charge in [-0.2, -0.15) is 4.98 Å². The second-order valence-electron chi connectivity index (χ2n) is 8.04. The minimum absolute atomic E-state index is 0.262. The molecule has 140 valence electrons. The largest absolute Gasteiger partial charge is 0.379 e. The lowest BCUT2D eigenvalue weighted by Gasteiger charge is -2.47. The molecule has 1 atom stereocenters. The van der Waals surface area contributed by atoms with E-state index in [1.165, 1.54) is 51.4 Å². The van der Waals surface area contributed by atoms with E-state index in [1.807, 2.05) is 0 Å². The lowest BCUT2D eigenvalue weighted by molar-refractivity contribution is -0.0337. The number of nitrogens with one attached hydrogen (secondary N) is 1. The first kappa shape index (κ1) is 17.4. The average Bonchev–Trinajstić information content (AvgIpc) is 3.42. The molecule has 0 radical (unpaired) electrons. The van der Waals surface area contributed by atoms with E-state index >= 15 is 0 Å². The standard InChI is InChI=1S/C19H32N4O2/c1-15(19(8-4-5-9-19)23-10-12-24-13-11-23)20-14-17-21-18(22-25-17)16-6-2-3-7-16/h15-16,20H,2-14H2,1H3/t15-/m0/s1. The number of rotatable bonds is 6. The van der Waals surface area contributed by atoms with Crippen LogP contribution in [0.1, 0.15) is 75.9 Å². The highest BCUT2D eigenvalue weighted by Crippen LogP contribution is 2.38. The van der Waals surface area contributed by atoms with Crippen LogP contribution in [0.25, 0.3) is 0 Å². The third kappa shape index (κ3) is 3.62. The Bertz CT molecular complexity index is 543. The SMILES string of the molecule is C[C@H](NCc1nc(C2CCCC2)no1)C1(N2CCOCC2)CCCC1. The Hall–Kier alpha value is -0.980. The second kappa shape index (κ2) is 7.72. The third-order valence-corrected chi connectivity index (χ3v) is 6.68. The van der Waals surface area contributed by atoms with Crippen molar-refractivity contribution in [3.63, 3.8) is 0 Å². The van der Waals surface area contributed by atoms with Crippen LogP contribution in [0.4, 0.5) is 0 Å². The van der Waals surface area contributed by atoms with Gasteiger partial charge in [-0.05, 0) is 32.6 Å². The molecule has 0 aromatic carbocycles. The summed E-state index contributed by atoms with van der Waals surface area (Å²) in [5, 5.41) is 7.93. The van der Waals surface area contributed by atoms with Crippen LogP contribution in [0.15, 0.2) is 4.52 Å². The average molecular weight is 348 g/mol. The molecule has 0 unspecified atom stereocenters. The van der Waals surface area contributed by atoms with Crippen molar-refractivity contribution in [2.75, 3.05) is 26.3 Å². The van der Waals surface area contributed by atoms with Crippen molar-refractivity contribution in [2.45, 2.75) is 82.3 Å². The molecule has 4 rings (SSSR count). The lowest BCUT2D eigenvalue weighted by atomic mass is 9.86. The Morgan fingerprint density at radius 1 is 1.16 bits per heavy atom. The van der Waals surface area contributed by atoms with Gasteiger partial charge in [-0.3, -0.25) is 4.90 Å². The molecule has 0 amide bonds. The van der Waals surface area contributed by atoms with E-state index < -0.39 is 0 Å². The van der Waals surface area contributed by atoms with Gasteiger partial charge in [0.15, 0.2) is 5.82 Å². The maximum atomic E-state index is 5.57. The summed E-state index contributed by atoms with van der Waals surface area (Å²) in [5.41, 5.74) is 0.262. The van der Waals surface area contributed by atoms with Gasteiger partial charge >= 0.3 is 0 Å². The third-order valence-electron chi connectivity index (χ3n) is 6.68. The minimum atomic E-state index is 0.262. The maximum absolute atomic E-state index is 5.57. The van der Waals surface area contributed by atoms with Crippen molar-refractivity contribution in [3.05, 3.63) is 11.7 Å². The van der Waals surface area contributed by atoms with Gasteiger partial charge in [-0.1, -0.05) is 30.8 Å². The van der Waals surface area contributed by atoms with Gasteiger partial charge in [0.1, 0.15) is 0 Å². The number of hydrogen-bond acceptors (Lipinski definition) is 6. The fraction of sp³-hybridized carbons (Fsp3) is 0.895. The first-order valence-corrected chi connectivity index (χ1v) is 10.2. The van der Waals surface area contributed by atoms with Crippen LogP contribution in [0.5, 0.6) is 0 Å². The summed E-state index contributed by atoms with van der Waals surface area (Å²) in [6.07, 6.45) is 10.2. The fourth-order valence-corrected chi connectivity index (χ4v) is 5.14. The number of morpholine rings is 1.